The molecule has 1 atom stereocenters. The van der Waals surface area contributed by atoms with E-state index in [1.165, 1.54) is 0 Å². The quantitative estimate of drug-likeness (QED) is 0.863. The summed E-state index contributed by atoms with van der Waals surface area (Å²) >= 11 is 6.27. The summed E-state index contributed by atoms with van der Waals surface area (Å²) in [5, 5.41) is 12.7. The van der Waals surface area contributed by atoms with Gasteiger partial charge in [-0.05, 0) is 55.3 Å². The third-order valence-corrected chi connectivity index (χ3v) is 4.06. The van der Waals surface area contributed by atoms with Gasteiger partial charge in [-0.1, -0.05) is 11.6 Å². The molecule has 0 radical (unpaired) electrons. The van der Waals surface area contributed by atoms with E-state index in [0.29, 0.717) is 23.1 Å². The van der Waals surface area contributed by atoms with E-state index in [4.69, 9.17) is 22.1 Å². The van der Waals surface area contributed by atoms with Gasteiger partial charge >= 0.3 is 0 Å². The SMILES string of the molecule is CC1(C)CC(n2nnnc2-c2ccc(N)cc2Cl)CCO1. The maximum Gasteiger partial charge on any atom is 0.183 e. The van der Waals surface area contributed by atoms with Crippen molar-refractivity contribution in [2.75, 3.05) is 12.3 Å². The summed E-state index contributed by atoms with van der Waals surface area (Å²) in [5.74, 6) is 0.669. The molecule has 3 rings (SSSR count). The molecule has 0 bridgehead atoms. The van der Waals surface area contributed by atoms with Crippen molar-refractivity contribution >= 4 is 17.3 Å². The van der Waals surface area contributed by atoms with Crippen LogP contribution in [0.1, 0.15) is 32.7 Å². The van der Waals surface area contributed by atoms with Crippen LogP contribution >= 0.6 is 11.6 Å². The molecule has 1 fully saturated rings. The van der Waals surface area contributed by atoms with Gasteiger partial charge in [0.25, 0.3) is 0 Å². The van der Waals surface area contributed by atoms with Crippen LogP contribution in [-0.2, 0) is 4.74 Å². The molecular weight excluding hydrogens is 290 g/mol. The fraction of sp³-hybridized carbons (Fsp3) is 0.500. The zero-order chi connectivity index (χ0) is 15.0. The van der Waals surface area contributed by atoms with Gasteiger partial charge in [0.15, 0.2) is 5.82 Å². The molecule has 0 amide bonds. The second-order valence-corrected chi connectivity index (χ2v) is 6.35. The van der Waals surface area contributed by atoms with E-state index in [-0.39, 0.29) is 11.6 Å². The van der Waals surface area contributed by atoms with E-state index >= 15 is 0 Å². The number of ether oxygens (including phenoxy) is 1. The number of nitrogens with two attached hydrogens (primary N) is 1. The summed E-state index contributed by atoms with van der Waals surface area (Å²) in [5.41, 5.74) is 6.98. The predicted octanol–water partition coefficient (Wildman–Crippen LogP) is 2.71. The van der Waals surface area contributed by atoms with Crippen LogP contribution in [0.5, 0.6) is 0 Å². The van der Waals surface area contributed by atoms with Crippen molar-refractivity contribution in [3.05, 3.63) is 23.2 Å². The van der Waals surface area contributed by atoms with E-state index in [1.54, 1.807) is 12.1 Å². The van der Waals surface area contributed by atoms with Crippen molar-refractivity contribution in [2.24, 2.45) is 0 Å². The third-order valence-electron chi connectivity index (χ3n) is 3.74. The molecule has 2 heterocycles. The van der Waals surface area contributed by atoms with Gasteiger partial charge in [0, 0.05) is 17.9 Å². The van der Waals surface area contributed by atoms with Crippen molar-refractivity contribution in [2.45, 2.75) is 38.3 Å². The van der Waals surface area contributed by atoms with E-state index in [1.807, 2.05) is 10.7 Å². The number of hydrogen-bond acceptors (Lipinski definition) is 5. The summed E-state index contributed by atoms with van der Waals surface area (Å²) in [6.07, 6.45) is 1.74. The molecule has 0 spiro atoms. The van der Waals surface area contributed by atoms with Crippen LogP contribution in [0, 0.1) is 0 Å². The number of nitrogen functional groups attached to an aromatic ring is 1. The molecule has 2 aromatic rings. The van der Waals surface area contributed by atoms with Crippen molar-refractivity contribution < 1.29 is 4.74 Å². The van der Waals surface area contributed by atoms with Crippen molar-refractivity contribution in [1.29, 1.82) is 0 Å². The van der Waals surface area contributed by atoms with Gasteiger partial charge in [0.05, 0.1) is 16.7 Å². The van der Waals surface area contributed by atoms with Crippen LogP contribution in [-0.4, -0.2) is 32.4 Å². The predicted molar refractivity (Wildman–Crippen MR) is 81.0 cm³/mol. The Hall–Kier alpha value is -1.66. The molecule has 112 valence electrons. The second kappa shape index (κ2) is 5.27. The number of anilines is 1. The number of aromatic nitrogens is 4. The number of halogens is 1. The number of hydrogen-bond donors (Lipinski definition) is 1. The fourth-order valence-corrected chi connectivity index (χ4v) is 3.01. The van der Waals surface area contributed by atoms with Crippen LogP contribution in [0.15, 0.2) is 18.2 Å². The Bertz CT molecular complexity index is 655. The van der Waals surface area contributed by atoms with Gasteiger partial charge < -0.3 is 10.5 Å². The van der Waals surface area contributed by atoms with E-state index in [9.17, 15) is 0 Å². The summed E-state index contributed by atoms with van der Waals surface area (Å²) in [4.78, 5) is 0. The zero-order valence-electron chi connectivity index (χ0n) is 12.1. The molecule has 0 aliphatic carbocycles. The van der Waals surface area contributed by atoms with Crippen LogP contribution in [0.3, 0.4) is 0 Å². The lowest BCUT2D eigenvalue weighted by molar-refractivity contribution is -0.0707. The first kappa shape index (κ1) is 14.3. The average Bonchev–Trinajstić information content (AvgIpc) is 2.86. The lowest BCUT2D eigenvalue weighted by Crippen LogP contribution is -2.35. The molecular formula is C14H18ClN5O. The Labute approximate surface area is 128 Å². The average molecular weight is 308 g/mol. The Morgan fingerprint density at radius 3 is 2.95 bits per heavy atom. The van der Waals surface area contributed by atoms with E-state index in [2.05, 4.69) is 29.4 Å². The lowest BCUT2D eigenvalue weighted by atomic mass is 9.94. The maximum absolute atomic E-state index is 6.27. The minimum absolute atomic E-state index is 0.170. The molecule has 1 saturated heterocycles. The molecule has 1 aliphatic rings. The zero-order valence-corrected chi connectivity index (χ0v) is 12.8. The number of rotatable bonds is 2. The topological polar surface area (TPSA) is 78.9 Å². The molecule has 1 aromatic heterocycles. The highest BCUT2D eigenvalue weighted by Gasteiger charge is 2.32. The normalized spacial score (nSPS) is 21.4. The molecule has 6 nitrogen and oxygen atoms in total. The van der Waals surface area contributed by atoms with Crippen LogP contribution in [0.2, 0.25) is 5.02 Å². The van der Waals surface area contributed by atoms with Crippen molar-refractivity contribution in [3.8, 4) is 11.4 Å². The first-order chi connectivity index (χ1) is 9.96. The molecule has 1 aliphatic heterocycles. The fourth-order valence-electron chi connectivity index (χ4n) is 2.74. The van der Waals surface area contributed by atoms with Crippen LogP contribution in [0.25, 0.3) is 11.4 Å². The smallest absolute Gasteiger partial charge is 0.183 e. The highest BCUT2D eigenvalue weighted by Crippen LogP contribution is 2.35. The first-order valence-corrected chi connectivity index (χ1v) is 7.31. The highest BCUT2D eigenvalue weighted by molar-refractivity contribution is 6.33. The van der Waals surface area contributed by atoms with Crippen molar-refractivity contribution in [1.82, 2.24) is 20.2 Å². The molecule has 7 heteroatoms. The Morgan fingerprint density at radius 1 is 1.43 bits per heavy atom. The van der Waals surface area contributed by atoms with E-state index < -0.39 is 0 Å². The molecule has 1 unspecified atom stereocenters. The molecule has 2 N–H and O–H groups in total. The van der Waals surface area contributed by atoms with E-state index in [0.717, 1.165) is 18.4 Å². The van der Waals surface area contributed by atoms with Crippen LogP contribution in [0.4, 0.5) is 5.69 Å². The number of benzene rings is 1. The Balaban J connectivity index is 1.97. The highest BCUT2D eigenvalue weighted by atomic mass is 35.5. The minimum atomic E-state index is -0.170. The summed E-state index contributed by atoms with van der Waals surface area (Å²) < 4.78 is 7.60. The molecule has 1 aromatic carbocycles. The lowest BCUT2D eigenvalue weighted by Gasteiger charge is -2.35. The molecule has 0 saturated carbocycles. The second-order valence-electron chi connectivity index (χ2n) is 5.94. The Morgan fingerprint density at radius 2 is 2.24 bits per heavy atom. The minimum Gasteiger partial charge on any atom is -0.399 e. The monoisotopic (exact) mass is 307 g/mol. The van der Waals surface area contributed by atoms with Gasteiger partial charge in [-0.25, -0.2) is 4.68 Å². The summed E-state index contributed by atoms with van der Waals surface area (Å²) in [6, 6.07) is 5.56. The first-order valence-electron chi connectivity index (χ1n) is 6.93. The summed E-state index contributed by atoms with van der Waals surface area (Å²) in [6.45, 7) is 4.87. The van der Waals surface area contributed by atoms with Crippen LogP contribution < -0.4 is 5.73 Å². The maximum atomic E-state index is 6.27. The van der Waals surface area contributed by atoms with Gasteiger partial charge in [0.2, 0.25) is 0 Å². The van der Waals surface area contributed by atoms with Crippen molar-refractivity contribution in [3.63, 3.8) is 0 Å². The van der Waals surface area contributed by atoms with Gasteiger partial charge in [-0.15, -0.1) is 5.10 Å². The van der Waals surface area contributed by atoms with Gasteiger partial charge in [0.1, 0.15) is 0 Å². The number of tetrazole rings is 1. The van der Waals surface area contributed by atoms with Gasteiger partial charge in [-0.3, -0.25) is 0 Å². The largest absolute Gasteiger partial charge is 0.399 e. The molecule has 21 heavy (non-hydrogen) atoms. The Kier molecular flexibility index (Phi) is 3.59. The third kappa shape index (κ3) is 2.87. The standard InChI is InChI=1S/C14H18ClN5O/c1-14(2)8-10(5-6-21-14)20-13(17-18-19-20)11-4-3-9(16)7-12(11)15/h3-4,7,10H,5-6,8,16H2,1-2H3. The number of nitrogens with zero attached hydrogens (tertiary/aromatic N) is 4. The summed E-state index contributed by atoms with van der Waals surface area (Å²) in [7, 11) is 0. The van der Waals surface area contributed by atoms with Gasteiger partial charge in [-0.2, -0.15) is 0 Å².